The molecule has 0 saturated heterocycles. The lowest BCUT2D eigenvalue weighted by Crippen LogP contribution is -2.25. The minimum Gasteiger partial charge on any atom is -0.308 e. The van der Waals surface area contributed by atoms with E-state index < -0.39 is 0 Å². The van der Waals surface area contributed by atoms with Crippen molar-refractivity contribution in [1.82, 2.24) is 19.8 Å². The van der Waals surface area contributed by atoms with E-state index in [0.717, 1.165) is 27.5 Å². The van der Waals surface area contributed by atoms with Crippen LogP contribution in [0.3, 0.4) is 0 Å². The number of nitrogens with zero attached hydrogens (tertiary/aromatic N) is 4. The molecule has 4 aromatic heterocycles. The van der Waals surface area contributed by atoms with Crippen molar-refractivity contribution in [1.29, 1.82) is 0 Å². The molecular weight excluding hydrogens is 641 g/mol. The summed E-state index contributed by atoms with van der Waals surface area (Å²) in [6.07, 6.45) is 10.5. The summed E-state index contributed by atoms with van der Waals surface area (Å²) in [5.41, 5.74) is 2.01. The van der Waals surface area contributed by atoms with Crippen molar-refractivity contribution in [3.63, 3.8) is 0 Å². The molecule has 12 heteroatoms. The second-order valence-corrected chi connectivity index (χ2v) is 16.6. The average Bonchev–Trinajstić information content (AvgIpc) is 3.83. The number of thiophene rings is 2. The van der Waals surface area contributed by atoms with Crippen LogP contribution in [0, 0.1) is 0 Å². The van der Waals surface area contributed by atoms with Gasteiger partial charge in [0.1, 0.15) is 10.0 Å². The lowest BCUT2D eigenvalue weighted by atomic mass is 10.1. The minimum absolute atomic E-state index is 0.197. The summed E-state index contributed by atoms with van der Waals surface area (Å²) in [7, 11) is 3.46. The lowest BCUT2D eigenvalue weighted by molar-refractivity contribution is -0.123. The Morgan fingerprint density at radius 1 is 0.762 bits per heavy atom. The molecule has 6 nitrogen and oxygen atoms in total. The van der Waals surface area contributed by atoms with E-state index in [1.165, 1.54) is 26.0 Å². The van der Waals surface area contributed by atoms with Gasteiger partial charge in [0.15, 0.2) is 0 Å². The predicted octanol–water partition coefficient (Wildman–Crippen LogP) is 7.99. The summed E-state index contributed by atoms with van der Waals surface area (Å²) in [6, 6.07) is 8.42. The van der Waals surface area contributed by atoms with Crippen LogP contribution in [0.25, 0.3) is 35.8 Å². The van der Waals surface area contributed by atoms with Crippen LogP contribution < -0.4 is 0 Å². The topological polar surface area (TPSA) is 66.4 Å². The number of hydrogen-bond donors (Lipinski definition) is 0. The molecule has 4 aromatic rings. The molecule has 210 valence electrons. The molecule has 0 aromatic carbocycles. The molecule has 2 unspecified atom stereocenters. The summed E-state index contributed by atoms with van der Waals surface area (Å²) >= 11 is 10.3. The molecule has 4 aliphatic rings. The third-order valence-corrected chi connectivity index (χ3v) is 15.0. The summed E-state index contributed by atoms with van der Waals surface area (Å²) in [6.45, 7) is 0. The van der Waals surface area contributed by atoms with Crippen LogP contribution in [0.5, 0.6) is 0 Å². The Labute approximate surface area is 267 Å². The van der Waals surface area contributed by atoms with Gasteiger partial charge in [0.2, 0.25) is 0 Å². The fourth-order valence-electron chi connectivity index (χ4n) is 5.55. The Bertz CT molecular complexity index is 1880. The summed E-state index contributed by atoms with van der Waals surface area (Å²) in [5, 5.41) is 6.82. The largest absolute Gasteiger partial charge is 0.308 e. The zero-order valence-electron chi connectivity index (χ0n) is 22.4. The number of carbonyl (C=O) groups excluding carboxylic acids is 2. The van der Waals surface area contributed by atoms with Gasteiger partial charge >= 0.3 is 0 Å². The number of allylic oxidation sites excluding steroid dienone is 2. The minimum atomic E-state index is -0.197. The highest BCUT2D eigenvalue weighted by Gasteiger charge is 2.48. The molecule has 0 saturated carbocycles. The molecule has 8 rings (SSSR count). The van der Waals surface area contributed by atoms with Crippen LogP contribution in [0.15, 0.2) is 70.7 Å². The number of amides is 2. The molecule has 0 aliphatic carbocycles. The maximum atomic E-state index is 13.7. The standard InChI is InChI=1S/C30H22N4O2S6/c1-33-25(27-31-13-21(41-27)19-9-7-17(39-19)15-5-3-11-37-15)23-24(29(33)35)26(34(2)30(23)36)28-32-14-22(42-28)20-10-8-18(40-20)16-6-4-12-38-16/h3-5,7,9-14,16,18H,6,8H2,1-2H3. The summed E-state index contributed by atoms with van der Waals surface area (Å²) in [4.78, 5) is 46.9. The van der Waals surface area contributed by atoms with Crippen LogP contribution in [0.4, 0.5) is 0 Å². The number of aromatic nitrogens is 2. The monoisotopic (exact) mass is 662 g/mol. The summed E-state index contributed by atoms with van der Waals surface area (Å²) in [5.74, 6) is -0.393. The maximum Gasteiger partial charge on any atom is 0.261 e. The molecular formula is C30H22N4O2S6. The quantitative estimate of drug-likeness (QED) is 0.209. The van der Waals surface area contributed by atoms with Crippen LogP contribution >= 0.6 is 68.9 Å². The molecule has 2 atom stereocenters. The van der Waals surface area contributed by atoms with Crippen LogP contribution in [0.2, 0.25) is 0 Å². The van der Waals surface area contributed by atoms with E-state index >= 15 is 0 Å². The number of thiazole rings is 2. The van der Waals surface area contributed by atoms with E-state index in [9.17, 15) is 9.59 Å². The number of thioether (sulfide) groups is 2. The van der Waals surface area contributed by atoms with Crippen LogP contribution in [-0.2, 0) is 9.59 Å². The van der Waals surface area contributed by atoms with E-state index in [0.29, 0.717) is 43.1 Å². The Morgan fingerprint density at radius 3 is 2.07 bits per heavy atom. The van der Waals surface area contributed by atoms with Crippen molar-refractivity contribution in [2.45, 2.75) is 23.3 Å². The Hall–Kier alpha value is -2.74. The average molecular weight is 663 g/mol. The van der Waals surface area contributed by atoms with E-state index in [1.54, 1.807) is 57.9 Å². The van der Waals surface area contributed by atoms with Crippen molar-refractivity contribution < 1.29 is 9.59 Å². The third-order valence-electron chi connectivity index (χ3n) is 7.65. The van der Waals surface area contributed by atoms with Gasteiger partial charge in [-0.1, -0.05) is 18.2 Å². The first-order valence-corrected chi connectivity index (χ1v) is 18.4. The van der Waals surface area contributed by atoms with Crippen molar-refractivity contribution >= 4 is 97.0 Å². The van der Waals surface area contributed by atoms with Gasteiger partial charge in [-0.2, -0.15) is 0 Å². The molecule has 8 heterocycles. The van der Waals surface area contributed by atoms with E-state index in [1.807, 2.05) is 35.9 Å². The fraction of sp³-hybridized carbons (Fsp3) is 0.200. The van der Waals surface area contributed by atoms with Gasteiger partial charge in [-0.05, 0) is 41.8 Å². The molecule has 4 aliphatic heterocycles. The molecule has 0 N–H and O–H groups in total. The van der Waals surface area contributed by atoms with Crippen molar-refractivity contribution in [3.05, 3.63) is 85.6 Å². The van der Waals surface area contributed by atoms with Gasteiger partial charge in [0, 0.05) is 56.5 Å². The van der Waals surface area contributed by atoms with Crippen molar-refractivity contribution in [2.24, 2.45) is 0 Å². The van der Waals surface area contributed by atoms with E-state index in [4.69, 9.17) is 9.97 Å². The smallest absolute Gasteiger partial charge is 0.261 e. The van der Waals surface area contributed by atoms with Gasteiger partial charge in [-0.3, -0.25) is 9.59 Å². The van der Waals surface area contributed by atoms with Gasteiger partial charge in [0.25, 0.3) is 11.8 Å². The molecule has 0 bridgehead atoms. The van der Waals surface area contributed by atoms with Gasteiger partial charge in [-0.15, -0.1) is 68.9 Å². The Balaban J connectivity index is 1.12. The zero-order valence-corrected chi connectivity index (χ0v) is 27.3. The number of hydrogen-bond acceptors (Lipinski definition) is 10. The van der Waals surface area contributed by atoms with E-state index in [2.05, 4.69) is 47.2 Å². The molecule has 2 amide bonds. The second-order valence-electron chi connectivity index (χ2n) is 10.1. The van der Waals surface area contributed by atoms with Gasteiger partial charge in [0.05, 0.1) is 32.3 Å². The second kappa shape index (κ2) is 10.5. The van der Waals surface area contributed by atoms with Gasteiger partial charge in [-0.25, -0.2) is 9.97 Å². The number of carbonyl (C=O) groups is 2. The van der Waals surface area contributed by atoms with Crippen molar-refractivity contribution in [3.8, 4) is 19.5 Å². The highest BCUT2D eigenvalue weighted by Crippen LogP contribution is 2.50. The number of likely N-dealkylation sites (N-methyl/N-ethyl adjacent to an activating group) is 2. The van der Waals surface area contributed by atoms with Crippen LogP contribution in [0.1, 0.15) is 27.7 Å². The third kappa shape index (κ3) is 4.26. The first kappa shape index (κ1) is 26.9. The first-order chi connectivity index (χ1) is 20.5. The predicted molar refractivity (Wildman–Crippen MR) is 179 cm³/mol. The number of rotatable bonds is 6. The first-order valence-electron chi connectivity index (χ1n) is 13.3. The fourth-order valence-corrected chi connectivity index (χ4v) is 12.1. The molecule has 0 spiro atoms. The zero-order chi connectivity index (χ0) is 28.5. The number of fused-ring (bicyclic) bond motifs is 1. The maximum absolute atomic E-state index is 13.7. The Kier molecular flexibility index (Phi) is 6.69. The molecule has 0 fully saturated rings. The van der Waals surface area contributed by atoms with E-state index in [-0.39, 0.29) is 11.8 Å². The Morgan fingerprint density at radius 2 is 1.43 bits per heavy atom. The summed E-state index contributed by atoms with van der Waals surface area (Å²) < 4.78 is 0. The SMILES string of the molecule is CN1C(=O)C2=C(c3ncc(-c4ccc(-c5cccs5)s4)s3)N(C)C(=O)C2=C1c1ncc(C2=CCC(C3CC=CS3)S2)s1. The molecule has 42 heavy (non-hydrogen) atoms. The highest BCUT2D eigenvalue weighted by molar-refractivity contribution is 8.11. The lowest BCUT2D eigenvalue weighted by Gasteiger charge is -2.17. The van der Waals surface area contributed by atoms with Gasteiger partial charge < -0.3 is 9.80 Å². The normalized spacial score (nSPS) is 22.0. The highest BCUT2D eigenvalue weighted by atomic mass is 32.2. The van der Waals surface area contributed by atoms with Crippen LogP contribution in [-0.4, -0.2) is 56.2 Å². The van der Waals surface area contributed by atoms with Crippen molar-refractivity contribution in [2.75, 3.05) is 14.1 Å². The molecule has 0 radical (unpaired) electrons.